The highest BCUT2D eigenvalue weighted by molar-refractivity contribution is 5.84. The summed E-state index contributed by atoms with van der Waals surface area (Å²) in [5, 5.41) is 0. The van der Waals surface area contributed by atoms with Crippen LogP contribution in [0.5, 0.6) is 0 Å². The second kappa shape index (κ2) is 5.47. The van der Waals surface area contributed by atoms with Gasteiger partial charge in [-0.25, -0.2) is 4.39 Å². The van der Waals surface area contributed by atoms with Crippen LogP contribution in [0.4, 0.5) is 15.8 Å². The Labute approximate surface area is 133 Å². The molecule has 7 nitrogen and oxygen atoms in total. The number of ether oxygens (including phenoxy) is 1. The second-order valence-corrected chi connectivity index (χ2v) is 6.01. The second-order valence-electron chi connectivity index (χ2n) is 6.01. The number of halogens is 1. The summed E-state index contributed by atoms with van der Waals surface area (Å²) in [5.74, 6) is -0.514. The van der Waals surface area contributed by atoms with Crippen molar-refractivity contribution >= 4 is 23.6 Å². The lowest BCUT2D eigenvalue weighted by Crippen LogP contribution is -2.43. The minimum Gasteiger partial charge on any atom is -0.342 e. The first-order valence-corrected chi connectivity index (χ1v) is 7.30. The minimum absolute atomic E-state index is 0.0547. The van der Waals surface area contributed by atoms with Crippen molar-refractivity contribution in [3.05, 3.63) is 24.0 Å². The van der Waals surface area contributed by atoms with E-state index in [-0.39, 0.29) is 12.5 Å². The lowest BCUT2D eigenvalue weighted by Gasteiger charge is -2.30. The smallest absolute Gasteiger partial charge is 0.243 e. The Morgan fingerprint density at radius 3 is 2.78 bits per heavy atom. The molecule has 3 rings (SSSR count). The van der Waals surface area contributed by atoms with Gasteiger partial charge in [0.15, 0.2) is 12.0 Å². The average Bonchev–Trinajstić information content (AvgIpc) is 2.99. The fraction of sp³-hybridized carbons (Fsp3) is 0.467. The molecule has 124 valence electrons. The van der Waals surface area contributed by atoms with Crippen molar-refractivity contribution in [2.45, 2.75) is 18.9 Å². The molecule has 1 aromatic carbocycles. The molecule has 2 heterocycles. The number of hydrogen-bond acceptors (Lipinski definition) is 6. The molecule has 2 unspecified atom stereocenters. The molecule has 23 heavy (non-hydrogen) atoms. The van der Waals surface area contributed by atoms with Gasteiger partial charge >= 0.3 is 0 Å². The van der Waals surface area contributed by atoms with E-state index in [0.29, 0.717) is 30.9 Å². The fourth-order valence-electron chi connectivity index (χ4n) is 2.97. The Balaban J connectivity index is 1.88. The summed E-state index contributed by atoms with van der Waals surface area (Å²) >= 11 is 0. The molecule has 0 aromatic heterocycles. The number of likely N-dealkylation sites (N-methyl/N-ethyl adjacent to an activating group) is 1. The Morgan fingerprint density at radius 2 is 2.22 bits per heavy atom. The van der Waals surface area contributed by atoms with Crippen molar-refractivity contribution in [1.82, 2.24) is 4.90 Å². The van der Waals surface area contributed by atoms with Crippen LogP contribution in [-0.4, -0.2) is 55.9 Å². The highest BCUT2D eigenvalue weighted by Crippen LogP contribution is 2.33. The molecule has 2 atom stereocenters. The highest BCUT2D eigenvalue weighted by atomic mass is 19.1. The zero-order valence-electron chi connectivity index (χ0n) is 13.0. The van der Waals surface area contributed by atoms with Gasteiger partial charge in [-0.3, -0.25) is 9.59 Å². The van der Waals surface area contributed by atoms with E-state index in [1.165, 1.54) is 11.0 Å². The largest absolute Gasteiger partial charge is 0.342 e. The number of aldehydes is 1. The van der Waals surface area contributed by atoms with Crippen molar-refractivity contribution < 1.29 is 18.7 Å². The summed E-state index contributed by atoms with van der Waals surface area (Å²) in [5.41, 5.74) is 5.39. The number of amides is 1. The predicted molar refractivity (Wildman–Crippen MR) is 82.3 cm³/mol. The van der Waals surface area contributed by atoms with Gasteiger partial charge in [0.25, 0.3) is 0 Å². The molecule has 1 aromatic rings. The summed E-state index contributed by atoms with van der Waals surface area (Å²) in [6.45, 7) is 2.38. The fourth-order valence-corrected chi connectivity index (χ4v) is 2.97. The molecule has 0 radical (unpaired) electrons. The molecule has 0 saturated carbocycles. The zero-order valence-corrected chi connectivity index (χ0v) is 13.0. The third-order valence-electron chi connectivity index (χ3n) is 4.23. The van der Waals surface area contributed by atoms with E-state index < -0.39 is 17.8 Å². The molecule has 2 saturated heterocycles. The van der Waals surface area contributed by atoms with Gasteiger partial charge in [0.2, 0.25) is 5.91 Å². The molecule has 2 aliphatic heterocycles. The molecular weight excluding hydrogens is 303 g/mol. The third kappa shape index (κ3) is 2.64. The summed E-state index contributed by atoms with van der Waals surface area (Å²) in [6, 6.07) is 4.64. The zero-order chi connectivity index (χ0) is 16.8. The lowest BCUT2D eigenvalue weighted by molar-refractivity contribution is -0.127. The van der Waals surface area contributed by atoms with E-state index in [4.69, 9.17) is 10.5 Å². The predicted octanol–water partition coefficient (Wildman–Crippen LogP) is 0.0981. The molecule has 1 amide bonds. The molecule has 0 aliphatic carbocycles. The van der Waals surface area contributed by atoms with Crippen molar-refractivity contribution in [2.75, 3.05) is 36.6 Å². The van der Waals surface area contributed by atoms with Crippen molar-refractivity contribution in [2.24, 2.45) is 5.73 Å². The van der Waals surface area contributed by atoms with Crippen LogP contribution in [-0.2, 0) is 14.3 Å². The van der Waals surface area contributed by atoms with Crippen LogP contribution in [0.2, 0.25) is 0 Å². The molecule has 2 aliphatic rings. The van der Waals surface area contributed by atoms with Crippen LogP contribution in [0, 0.1) is 5.82 Å². The Hall–Kier alpha value is -2.19. The van der Waals surface area contributed by atoms with Gasteiger partial charge in [-0.05, 0) is 25.1 Å². The first kappa shape index (κ1) is 15.7. The van der Waals surface area contributed by atoms with E-state index >= 15 is 0 Å². The number of rotatable bonds is 3. The SMILES string of the molecule is CN1CN(c2ccc(N3CC(N)OC3(C)C=O)cc2F)CC1=O. The monoisotopic (exact) mass is 322 g/mol. The number of carbonyl (C=O) groups excluding carboxylic acids is 2. The average molecular weight is 322 g/mol. The first-order valence-electron chi connectivity index (χ1n) is 7.30. The number of benzene rings is 1. The van der Waals surface area contributed by atoms with Crippen LogP contribution in [0.1, 0.15) is 6.92 Å². The summed E-state index contributed by atoms with van der Waals surface area (Å²) in [4.78, 5) is 27.7. The van der Waals surface area contributed by atoms with Gasteiger partial charge in [0, 0.05) is 12.7 Å². The van der Waals surface area contributed by atoms with Gasteiger partial charge in [0.1, 0.15) is 12.0 Å². The number of carbonyl (C=O) groups is 2. The summed E-state index contributed by atoms with van der Waals surface area (Å²) in [6.07, 6.45) is 0.0394. The van der Waals surface area contributed by atoms with Gasteiger partial charge in [-0.15, -0.1) is 0 Å². The van der Waals surface area contributed by atoms with Crippen LogP contribution < -0.4 is 15.5 Å². The normalized spacial score (nSPS) is 27.9. The molecule has 0 bridgehead atoms. The van der Waals surface area contributed by atoms with E-state index in [0.717, 1.165) is 0 Å². The highest BCUT2D eigenvalue weighted by Gasteiger charge is 2.42. The molecule has 0 spiro atoms. The maximum atomic E-state index is 14.5. The Morgan fingerprint density at radius 1 is 1.48 bits per heavy atom. The Bertz CT molecular complexity index is 656. The topological polar surface area (TPSA) is 79.1 Å². The van der Waals surface area contributed by atoms with Crippen molar-refractivity contribution in [3.8, 4) is 0 Å². The number of anilines is 2. The maximum Gasteiger partial charge on any atom is 0.243 e. The van der Waals surface area contributed by atoms with E-state index in [1.54, 1.807) is 35.9 Å². The molecule has 8 heteroatoms. The van der Waals surface area contributed by atoms with E-state index in [1.807, 2.05) is 0 Å². The summed E-state index contributed by atoms with van der Waals surface area (Å²) in [7, 11) is 1.67. The lowest BCUT2D eigenvalue weighted by atomic mass is 10.2. The maximum absolute atomic E-state index is 14.5. The number of nitrogens with two attached hydrogens (primary N) is 1. The molecular formula is C15H19FN4O3. The van der Waals surface area contributed by atoms with E-state index in [2.05, 4.69) is 0 Å². The van der Waals surface area contributed by atoms with Crippen molar-refractivity contribution in [1.29, 1.82) is 0 Å². The Kier molecular flexibility index (Phi) is 3.73. The third-order valence-corrected chi connectivity index (χ3v) is 4.23. The first-order chi connectivity index (χ1) is 10.8. The van der Waals surface area contributed by atoms with Crippen LogP contribution >= 0.6 is 0 Å². The molecule has 2 N–H and O–H groups in total. The van der Waals surface area contributed by atoms with Gasteiger partial charge in [-0.1, -0.05) is 0 Å². The van der Waals surface area contributed by atoms with Crippen molar-refractivity contribution in [3.63, 3.8) is 0 Å². The van der Waals surface area contributed by atoms with Crippen LogP contribution in [0.15, 0.2) is 18.2 Å². The summed E-state index contributed by atoms with van der Waals surface area (Å²) < 4.78 is 19.9. The molecule has 2 fully saturated rings. The van der Waals surface area contributed by atoms with Crippen LogP contribution in [0.3, 0.4) is 0 Å². The minimum atomic E-state index is -1.21. The van der Waals surface area contributed by atoms with Gasteiger partial charge < -0.3 is 25.2 Å². The van der Waals surface area contributed by atoms with Crippen LogP contribution in [0.25, 0.3) is 0 Å². The van der Waals surface area contributed by atoms with E-state index in [9.17, 15) is 14.0 Å². The van der Waals surface area contributed by atoms with Gasteiger partial charge in [-0.2, -0.15) is 0 Å². The standard InChI is InChI=1S/C15H19FN4O3/c1-15(8-21)20(6-13(17)23-15)10-3-4-12(11(16)5-10)19-7-14(22)18(2)9-19/h3-5,8,13H,6-7,9,17H2,1-2H3. The van der Waals surface area contributed by atoms with Gasteiger partial charge in [0.05, 0.1) is 25.4 Å². The number of nitrogens with zero attached hydrogens (tertiary/aromatic N) is 3. The quantitative estimate of drug-likeness (QED) is 0.795. The number of hydrogen-bond donors (Lipinski definition) is 1.